The first-order valence-electron chi connectivity index (χ1n) is 2.40. The standard InChI is InChI=1S/C5HCl3O2S/c6-2-1(5(9)10)3(7)11-4(2)8/h(H,9,10). The number of rotatable bonds is 1. The van der Waals surface area contributed by atoms with E-state index in [0.29, 0.717) is 0 Å². The summed E-state index contributed by atoms with van der Waals surface area (Å²) in [5, 5.41) is 8.55. The van der Waals surface area contributed by atoms with Gasteiger partial charge in [-0.2, -0.15) is 0 Å². The molecule has 11 heavy (non-hydrogen) atoms. The van der Waals surface area contributed by atoms with Crippen molar-refractivity contribution in [1.82, 2.24) is 0 Å². The molecule has 60 valence electrons. The molecule has 1 aromatic heterocycles. The van der Waals surface area contributed by atoms with Crippen LogP contribution in [-0.4, -0.2) is 11.1 Å². The van der Waals surface area contributed by atoms with E-state index in [1.54, 1.807) is 0 Å². The zero-order valence-corrected chi connectivity index (χ0v) is 7.98. The minimum atomic E-state index is -1.16. The molecule has 0 fully saturated rings. The van der Waals surface area contributed by atoms with Gasteiger partial charge in [0, 0.05) is 0 Å². The van der Waals surface area contributed by atoms with Crippen LogP contribution in [0, 0.1) is 0 Å². The van der Waals surface area contributed by atoms with Gasteiger partial charge in [0.15, 0.2) is 0 Å². The molecule has 0 aromatic carbocycles. The lowest BCUT2D eigenvalue weighted by Crippen LogP contribution is -1.94. The monoisotopic (exact) mass is 230 g/mol. The van der Waals surface area contributed by atoms with Gasteiger partial charge < -0.3 is 5.11 Å². The Balaban J connectivity index is 3.34. The zero-order valence-electron chi connectivity index (χ0n) is 4.90. The average molecular weight is 231 g/mol. The van der Waals surface area contributed by atoms with Crippen LogP contribution in [0.3, 0.4) is 0 Å². The van der Waals surface area contributed by atoms with Gasteiger partial charge in [-0.15, -0.1) is 11.3 Å². The molecule has 0 bridgehead atoms. The maximum atomic E-state index is 10.4. The SMILES string of the molecule is O=C(O)c1c(Cl)sc(Cl)c1Cl. The molecule has 0 saturated carbocycles. The van der Waals surface area contributed by atoms with Crippen molar-refractivity contribution in [2.75, 3.05) is 0 Å². The summed E-state index contributed by atoms with van der Waals surface area (Å²) < 4.78 is 0.307. The van der Waals surface area contributed by atoms with Crippen molar-refractivity contribution in [3.05, 3.63) is 19.3 Å². The first-order chi connectivity index (χ1) is 5.04. The Morgan fingerprint density at radius 1 is 1.27 bits per heavy atom. The fraction of sp³-hybridized carbons (Fsp3) is 0. The molecule has 0 amide bonds. The van der Waals surface area contributed by atoms with Gasteiger partial charge in [0.1, 0.15) is 14.2 Å². The summed E-state index contributed by atoms with van der Waals surface area (Å²) in [6, 6.07) is 0. The van der Waals surface area contributed by atoms with Gasteiger partial charge in [-0.1, -0.05) is 34.8 Å². The van der Waals surface area contributed by atoms with Crippen molar-refractivity contribution >= 4 is 52.1 Å². The smallest absolute Gasteiger partial charge is 0.339 e. The van der Waals surface area contributed by atoms with E-state index in [1.165, 1.54) is 0 Å². The van der Waals surface area contributed by atoms with Gasteiger partial charge in [0.2, 0.25) is 0 Å². The highest BCUT2D eigenvalue weighted by molar-refractivity contribution is 7.21. The minimum absolute atomic E-state index is 0.00849. The van der Waals surface area contributed by atoms with Gasteiger partial charge >= 0.3 is 5.97 Å². The third-order valence-electron chi connectivity index (χ3n) is 0.982. The molecule has 1 N–H and O–H groups in total. The Kier molecular flexibility index (Phi) is 2.65. The predicted molar refractivity (Wildman–Crippen MR) is 46.3 cm³/mol. The summed E-state index contributed by atoms with van der Waals surface area (Å²) in [6.07, 6.45) is 0. The number of carboxylic acids is 1. The molecule has 0 unspecified atom stereocenters. The van der Waals surface area contributed by atoms with E-state index >= 15 is 0 Å². The van der Waals surface area contributed by atoms with Crippen LogP contribution in [0.4, 0.5) is 0 Å². The molecule has 1 rings (SSSR count). The van der Waals surface area contributed by atoms with E-state index in [-0.39, 0.29) is 19.3 Å². The molecule has 0 spiro atoms. The van der Waals surface area contributed by atoms with Crippen molar-refractivity contribution in [3.8, 4) is 0 Å². The molecule has 0 atom stereocenters. The molecule has 0 radical (unpaired) electrons. The first-order valence-corrected chi connectivity index (χ1v) is 4.35. The second kappa shape index (κ2) is 3.19. The fourth-order valence-electron chi connectivity index (χ4n) is 0.537. The van der Waals surface area contributed by atoms with Gasteiger partial charge in [-0.25, -0.2) is 4.79 Å². The van der Waals surface area contributed by atoms with Gasteiger partial charge in [-0.3, -0.25) is 0 Å². The maximum absolute atomic E-state index is 10.4. The van der Waals surface area contributed by atoms with E-state index in [2.05, 4.69) is 0 Å². The molecule has 2 nitrogen and oxygen atoms in total. The topological polar surface area (TPSA) is 37.3 Å². The number of thiophene rings is 1. The third-order valence-corrected chi connectivity index (χ3v) is 3.18. The molecular formula is C5HCl3O2S. The largest absolute Gasteiger partial charge is 0.478 e. The summed E-state index contributed by atoms with van der Waals surface area (Å²) in [7, 11) is 0. The Morgan fingerprint density at radius 3 is 2.00 bits per heavy atom. The number of hydrogen-bond acceptors (Lipinski definition) is 2. The lowest BCUT2D eigenvalue weighted by molar-refractivity contribution is 0.0698. The van der Waals surface area contributed by atoms with Crippen molar-refractivity contribution in [3.63, 3.8) is 0 Å². The fourth-order valence-corrected chi connectivity index (χ4v) is 2.42. The van der Waals surface area contributed by atoms with Gasteiger partial charge in [-0.05, 0) is 0 Å². The van der Waals surface area contributed by atoms with Crippen LogP contribution in [0.15, 0.2) is 0 Å². The van der Waals surface area contributed by atoms with E-state index in [0.717, 1.165) is 11.3 Å². The highest BCUT2D eigenvalue weighted by atomic mass is 35.5. The van der Waals surface area contributed by atoms with Crippen molar-refractivity contribution in [1.29, 1.82) is 0 Å². The molecule has 1 aromatic rings. The number of carbonyl (C=O) groups is 1. The summed E-state index contributed by atoms with van der Waals surface area (Å²) in [5.74, 6) is -1.16. The zero-order chi connectivity index (χ0) is 8.59. The highest BCUT2D eigenvalue weighted by Gasteiger charge is 2.19. The van der Waals surface area contributed by atoms with Crippen molar-refractivity contribution < 1.29 is 9.90 Å². The van der Waals surface area contributed by atoms with Gasteiger partial charge in [0.05, 0.1) is 5.02 Å². The quantitative estimate of drug-likeness (QED) is 0.804. The number of aromatic carboxylic acids is 1. The predicted octanol–water partition coefficient (Wildman–Crippen LogP) is 3.41. The van der Waals surface area contributed by atoms with Crippen LogP contribution in [0.2, 0.25) is 13.7 Å². The summed E-state index contributed by atoms with van der Waals surface area (Å²) in [6.45, 7) is 0. The lowest BCUT2D eigenvalue weighted by Gasteiger charge is -1.88. The maximum Gasteiger partial charge on any atom is 0.339 e. The third kappa shape index (κ3) is 1.62. The molecular weight excluding hydrogens is 230 g/mol. The minimum Gasteiger partial charge on any atom is -0.478 e. The average Bonchev–Trinajstić information content (AvgIpc) is 2.07. The second-order valence-corrected chi connectivity index (χ2v) is 4.25. The number of hydrogen-bond donors (Lipinski definition) is 1. The lowest BCUT2D eigenvalue weighted by atomic mass is 10.3. The van der Waals surface area contributed by atoms with E-state index < -0.39 is 5.97 Å². The Morgan fingerprint density at radius 2 is 1.82 bits per heavy atom. The summed E-state index contributed by atoms with van der Waals surface area (Å²) >= 11 is 17.5. The number of carboxylic acid groups (broad SMARTS) is 1. The van der Waals surface area contributed by atoms with Crippen LogP contribution >= 0.6 is 46.1 Å². The van der Waals surface area contributed by atoms with Crippen LogP contribution < -0.4 is 0 Å². The van der Waals surface area contributed by atoms with E-state index in [4.69, 9.17) is 39.9 Å². The molecule has 0 aliphatic heterocycles. The molecule has 6 heteroatoms. The summed E-state index contributed by atoms with van der Waals surface area (Å²) in [4.78, 5) is 10.4. The Hall–Kier alpha value is 0.0400. The van der Waals surface area contributed by atoms with Crippen molar-refractivity contribution in [2.24, 2.45) is 0 Å². The molecule has 0 aliphatic carbocycles. The van der Waals surface area contributed by atoms with E-state index in [9.17, 15) is 4.79 Å². The molecule has 0 aliphatic rings. The van der Waals surface area contributed by atoms with Gasteiger partial charge in [0.25, 0.3) is 0 Å². The second-order valence-electron chi connectivity index (χ2n) is 1.64. The van der Waals surface area contributed by atoms with Crippen LogP contribution in [-0.2, 0) is 0 Å². The summed E-state index contributed by atoms with van der Waals surface area (Å²) in [5.41, 5.74) is -0.122. The molecule has 0 saturated heterocycles. The van der Waals surface area contributed by atoms with Crippen LogP contribution in [0.5, 0.6) is 0 Å². The highest BCUT2D eigenvalue weighted by Crippen LogP contribution is 2.39. The molecule has 1 heterocycles. The number of halogens is 3. The Bertz CT molecular complexity index is 307. The van der Waals surface area contributed by atoms with Crippen LogP contribution in [0.1, 0.15) is 10.4 Å². The van der Waals surface area contributed by atoms with Crippen molar-refractivity contribution in [2.45, 2.75) is 0 Å². The Labute approximate surface area is 81.3 Å². The normalized spacial score (nSPS) is 10.1. The van der Waals surface area contributed by atoms with E-state index in [1.807, 2.05) is 0 Å². The first kappa shape index (κ1) is 9.13. The van der Waals surface area contributed by atoms with Crippen LogP contribution in [0.25, 0.3) is 0 Å².